The third-order valence-corrected chi connectivity index (χ3v) is 13.2. The first-order valence-corrected chi connectivity index (χ1v) is 20.7. The molecule has 7 rings (SSSR count). The number of methoxy groups -OCH3 is 2. The van der Waals surface area contributed by atoms with Crippen LogP contribution in [0.3, 0.4) is 0 Å². The summed E-state index contributed by atoms with van der Waals surface area (Å²) in [6.45, 7) is 5.75. The summed E-state index contributed by atoms with van der Waals surface area (Å²) in [7, 11) is -0.392. The SMILES string of the molecule is COc1ccc2c(c1)[C@@]1(O[C@H](CCn3cc(C(CO)c4ccccc4)nn3)[C@@H]([Si](C)(C)F)[C@@H]1C)C(=O)N2Cc1cccc(-n2cccc(OC)c2=O)c1. The van der Waals surface area contributed by atoms with Crippen molar-refractivity contribution < 1.29 is 28.2 Å². The molecule has 1 unspecified atom stereocenters. The van der Waals surface area contributed by atoms with Crippen molar-refractivity contribution in [3.63, 3.8) is 0 Å². The number of aliphatic hydroxyl groups is 1. The number of aryl methyl sites for hydroxylation is 1. The molecule has 3 aromatic carbocycles. The fraction of sp³-hybridized carbons (Fsp3) is 0.350. The van der Waals surface area contributed by atoms with E-state index in [4.69, 9.17) is 14.2 Å². The Bertz CT molecular complexity index is 2170. The van der Waals surface area contributed by atoms with Crippen molar-refractivity contribution >= 4 is 20.0 Å². The molecule has 0 bridgehead atoms. The second kappa shape index (κ2) is 14.4. The van der Waals surface area contributed by atoms with Gasteiger partial charge in [0.1, 0.15) is 5.75 Å². The Morgan fingerprint density at radius 3 is 2.51 bits per heavy atom. The zero-order valence-electron chi connectivity index (χ0n) is 30.5. The first kappa shape index (κ1) is 36.3. The van der Waals surface area contributed by atoms with Crippen molar-refractivity contribution in [1.82, 2.24) is 19.6 Å². The van der Waals surface area contributed by atoms with Crippen LogP contribution in [0.1, 0.15) is 41.6 Å². The molecule has 276 valence electrons. The lowest BCUT2D eigenvalue weighted by Crippen LogP contribution is -2.45. The molecule has 5 aromatic rings. The zero-order valence-corrected chi connectivity index (χ0v) is 31.5. The Labute approximate surface area is 308 Å². The first-order chi connectivity index (χ1) is 25.5. The number of halogens is 1. The van der Waals surface area contributed by atoms with Crippen LogP contribution in [0.2, 0.25) is 18.6 Å². The fourth-order valence-electron chi connectivity index (χ4n) is 8.30. The maximum Gasteiger partial charge on any atom is 0.297 e. The molecule has 2 aliphatic heterocycles. The van der Waals surface area contributed by atoms with E-state index in [1.165, 1.54) is 11.7 Å². The van der Waals surface area contributed by atoms with Crippen molar-refractivity contribution in [1.29, 1.82) is 0 Å². The first-order valence-electron chi connectivity index (χ1n) is 17.8. The van der Waals surface area contributed by atoms with Crippen molar-refractivity contribution in [3.8, 4) is 17.2 Å². The molecule has 11 nitrogen and oxygen atoms in total. The number of benzene rings is 3. The lowest BCUT2D eigenvalue weighted by Gasteiger charge is -2.31. The molecule has 4 heterocycles. The molecule has 0 radical (unpaired) electrons. The van der Waals surface area contributed by atoms with Gasteiger partial charge in [0.05, 0.1) is 50.8 Å². The molecule has 0 saturated carbocycles. The van der Waals surface area contributed by atoms with Gasteiger partial charge in [-0.3, -0.25) is 18.8 Å². The van der Waals surface area contributed by atoms with Gasteiger partial charge in [0.25, 0.3) is 11.5 Å². The van der Waals surface area contributed by atoms with Crippen molar-refractivity contribution in [3.05, 3.63) is 130 Å². The van der Waals surface area contributed by atoms with Crippen molar-refractivity contribution in [2.24, 2.45) is 5.92 Å². The van der Waals surface area contributed by atoms with Crippen molar-refractivity contribution in [2.75, 3.05) is 25.7 Å². The van der Waals surface area contributed by atoms with E-state index in [1.54, 1.807) is 48.1 Å². The largest absolute Gasteiger partial charge is 0.497 e. The third kappa shape index (κ3) is 6.46. The van der Waals surface area contributed by atoms with Crippen LogP contribution in [-0.4, -0.2) is 65.9 Å². The van der Waals surface area contributed by atoms with Gasteiger partial charge in [-0.25, -0.2) is 0 Å². The summed E-state index contributed by atoms with van der Waals surface area (Å²) in [5.74, 6) is -0.297. The van der Waals surface area contributed by atoms with E-state index in [2.05, 4.69) is 10.3 Å². The van der Waals surface area contributed by atoms with E-state index < -0.39 is 31.6 Å². The van der Waals surface area contributed by atoms with E-state index >= 15 is 4.11 Å². The number of hydrogen-bond acceptors (Lipinski definition) is 8. The van der Waals surface area contributed by atoms with Crippen LogP contribution in [0.15, 0.2) is 102 Å². The van der Waals surface area contributed by atoms with Crippen LogP contribution >= 0.6 is 0 Å². The molecular formula is C40H44FN5O6Si. The Kier molecular flexibility index (Phi) is 9.83. The highest BCUT2D eigenvalue weighted by Crippen LogP contribution is 2.60. The summed E-state index contributed by atoms with van der Waals surface area (Å²) in [6, 6.07) is 25.9. The number of carbonyl (C=O) groups is 1. The highest BCUT2D eigenvalue weighted by atomic mass is 28.4. The number of carbonyl (C=O) groups excluding carboxylic acids is 1. The summed E-state index contributed by atoms with van der Waals surface area (Å²) >= 11 is 0. The number of amides is 1. The Balaban J connectivity index is 1.20. The van der Waals surface area contributed by atoms with Gasteiger partial charge in [-0.15, -0.1) is 5.10 Å². The predicted molar refractivity (Wildman–Crippen MR) is 201 cm³/mol. The monoisotopic (exact) mass is 737 g/mol. The van der Waals surface area contributed by atoms with Crippen LogP contribution in [0.25, 0.3) is 5.69 Å². The molecule has 1 amide bonds. The average molecular weight is 738 g/mol. The van der Waals surface area contributed by atoms with Gasteiger partial charge in [0.2, 0.25) is 8.41 Å². The smallest absolute Gasteiger partial charge is 0.297 e. The van der Waals surface area contributed by atoms with Crippen molar-refractivity contribution in [2.45, 2.75) is 62.7 Å². The summed E-state index contributed by atoms with van der Waals surface area (Å²) in [6.07, 6.45) is 3.30. The molecule has 2 aromatic heterocycles. The normalized spacial score (nSPS) is 21.6. The molecular weight excluding hydrogens is 694 g/mol. The quantitative estimate of drug-likeness (QED) is 0.123. The molecule has 1 saturated heterocycles. The predicted octanol–water partition coefficient (Wildman–Crippen LogP) is 5.98. The average Bonchev–Trinajstić information content (AvgIpc) is 3.81. The summed E-state index contributed by atoms with van der Waals surface area (Å²) < 4.78 is 37.5. The number of hydrogen-bond donors (Lipinski definition) is 1. The topological polar surface area (TPSA) is 121 Å². The van der Waals surface area contributed by atoms with Crippen LogP contribution < -0.4 is 19.9 Å². The third-order valence-electron chi connectivity index (χ3n) is 10.8. The lowest BCUT2D eigenvalue weighted by atomic mass is 9.82. The molecule has 2 aliphatic rings. The second-order valence-electron chi connectivity index (χ2n) is 14.3. The van der Waals surface area contributed by atoms with Crippen LogP contribution in [0.4, 0.5) is 9.80 Å². The Morgan fingerprint density at radius 2 is 1.79 bits per heavy atom. The zero-order chi connectivity index (χ0) is 37.5. The number of aromatic nitrogens is 4. The summed E-state index contributed by atoms with van der Waals surface area (Å²) in [5.41, 5.74) is 2.06. The fourth-order valence-corrected chi connectivity index (χ4v) is 10.8. The van der Waals surface area contributed by atoms with Gasteiger partial charge in [0.15, 0.2) is 11.4 Å². The van der Waals surface area contributed by atoms with Crippen LogP contribution in [-0.2, 0) is 28.2 Å². The second-order valence-corrected chi connectivity index (χ2v) is 18.1. The molecule has 1 spiro atoms. The standard InChI is InChI=1S/C40H44FN5O6Si/c1-26-37(53(4,5)41)35(18-20-44-24-33(42-43-44)31(25-47)28-12-7-6-8-13-28)52-40(26)32-22-30(50-2)16-17-34(32)46(39(40)49)23-27-11-9-14-29(21-27)45-19-10-15-36(51-3)38(45)48/h6-17,19,21-22,24,26,31,35,37,47H,18,20,23,25H2,1-5H3/t26-,31?,35+,37-,40+/m0/s1. The van der Waals surface area contributed by atoms with Gasteiger partial charge >= 0.3 is 0 Å². The highest BCUT2D eigenvalue weighted by Gasteiger charge is 2.66. The van der Waals surface area contributed by atoms with Gasteiger partial charge < -0.3 is 28.3 Å². The Morgan fingerprint density at radius 1 is 1.00 bits per heavy atom. The molecule has 53 heavy (non-hydrogen) atoms. The number of nitrogens with zero attached hydrogens (tertiary/aromatic N) is 5. The Hall–Kier alpha value is -5.11. The summed E-state index contributed by atoms with van der Waals surface area (Å²) in [5, 5.41) is 18.9. The van der Waals surface area contributed by atoms with Crippen LogP contribution in [0.5, 0.6) is 11.5 Å². The van der Waals surface area contributed by atoms with E-state index in [0.717, 1.165) is 11.1 Å². The number of pyridine rings is 1. The lowest BCUT2D eigenvalue weighted by molar-refractivity contribution is -0.146. The molecule has 13 heteroatoms. The minimum absolute atomic E-state index is 0.122. The van der Waals surface area contributed by atoms with Gasteiger partial charge in [-0.05, 0) is 73.1 Å². The number of ether oxygens (including phenoxy) is 3. The molecule has 1 N–H and O–H groups in total. The van der Waals surface area contributed by atoms with E-state index in [1.807, 2.05) is 85.9 Å². The molecule has 1 fully saturated rings. The number of fused-ring (bicyclic) bond motifs is 2. The maximum absolute atomic E-state index is 16.5. The number of anilines is 1. The minimum Gasteiger partial charge on any atom is -0.497 e. The highest BCUT2D eigenvalue weighted by molar-refractivity contribution is 6.72. The van der Waals surface area contributed by atoms with E-state index in [-0.39, 0.29) is 36.3 Å². The summed E-state index contributed by atoms with van der Waals surface area (Å²) in [4.78, 5) is 29.7. The minimum atomic E-state index is -3.42. The van der Waals surface area contributed by atoms with E-state index in [0.29, 0.717) is 41.3 Å². The van der Waals surface area contributed by atoms with Gasteiger partial charge in [-0.2, -0.15) is 0 Å². The maximum atomic E-state index is 16.5. The van der Waals surface area contributed by atoms with Gasteiger partial charge in [0, 0.05) is 41.6 Å². The van der Waals surface area contributed by atoms with Crippen LogP contribution in [0, 0.1) is 5.92 Å². The number of rotatable bonds is 12. The molecule has 5 atom stereocenters. The van der Waals surface area contributed by atoms with E-state index in [9.17, 15) is 14.7 Å². The number of aliphatic hydroxyl groups excluding tert-OH is 1. The molecule has 0 aliphatic carbocycles. The van der Waals surface area contributed by atoms with Gasteiger partial charge in [-0.1, -0.05) is 54.6 Å².